The molecule has 25 heavy (non-hydrogen) atoms. The molecule has 7 heteroatoms. The van der Waals surface area contributed by atoms with Crippen molar-refractivity contribution in [1.29, 1.82) is 0 Å². The number of anilines is 1. The molecule has 136 valence electrons. The summed E-state index contributed by atoms with van der Waals surface area (Å²) in [4.78, 5) is 37.0. The standard InChI is InChI=1S/C18H24N2O4S/c1-12-3-5-15(6-4-12)19-16(21)10-25-11-17(22)20-8-13(2)7-14(9-20)18(23)24/h3-6,13-14H,7-11H2,1-2H3,(H,19,21)(H,23,24). The lowest BCUT2D eigenvalue weighted by atomic mass is 9.90. The van der Waals surface area contributed by atoms with Crippen molar-refractivity contribution in [3.05, 3.63) is 29.8 Å². The van der Waals surface area contributed by atoms with E-state index in [0.717, 1.165) is 11.3 Å². The number of amides is 2. The van der Waals surface area contributed by atoms with E-state index in [2.05, 4.69) is 5.32 Å². The summed E-state index contributed by atoms with van der Waals surface area (Å²) in [5, 5.41) is 12.0. The fourth-order valence-corrected chi connectivity index (χ4v) is 3.61. The summed E-state index contributed by atoms with van der Waals surface area (Å²) in [5.74, 6) is -1.07. The van der Waals surface area contributed by atoms with Crippen molar-refractivity contribution in [2.75, 3.05) is 29.9 Å². The predicted octanol–water partition coefficient (Wildman–Crippen LogP) is 2.24. The van der Waals surface area contributed by atoms with Crippen molar-refractivity contribution >= 4 is 35.2 Å². The summed E-state index contributed by atoms with van der Waals surface area (Å²) in [5.41, 5.74) is 1.85. The molecule has 1 fully saturated rings. The van der Waals surface area contributed by atoms with Crippen molar-refractivity contribution in [2.45, 2.75) is 20.3 Å². The first-order valence-electron chi connectivity index (χ1n) is 8.30. The third-order valence-electron chi connectivity index (χ3n) is 4.16. The number of benzene rings is 1. The van der Waals surface area contributed by atoms with Crippen LogP contribution in [0.4, 0.5) is 5.69 Å². The molecule has 0 bridgehead atoms. The maximum atomic E-state index is 12.3. The second kappa shape index (κ2) is 8.89. The molecule has 2 unspecified atom stereocenters. The van der Waals surface area contributed by atoms with E-state index in [0.29, 0.717) is 13.0 Å². The third-order valence-corrected chi connectivity index (χ3v) is 5.07. The lowest BCUT2D eigenvalue weighted by molar-refractivity contribution is -0.146. The Balaban J connectivity index is 1.74. The highest BCUT2D eigenvalue weighted by Gasteiger charge is 2.31. The van der Waals surface area contributed by atoms with Gasteiger partial charge in [0.1, 0.15) is 0 Å². The van der Waals surface area contributed by atoms with E-state index in [1.54, 1.807) is 4.90 Å². The average Bonchev–Trinajstić information content (AvgIpc) is 2.56. The molecular weight excluding hydrogens is 340 g/mol. The highest BCUT2D eigenvalue weighted by Crippen LogP contribution is 2.22. The number of nitrogens with zero attached hydrogens (tertiary/aromatic N) is 1. The Morgan fingerprint density at radius 1 is 1.20 bits per heavy atom. The average molecular weight is 364 g/mol. The lowest BCUT2D eigenvalue weighted by Gasteiger charge is -2.34. The minimum atomic E-state index is -0.852. The largest absolute Gasteiger partial charge is 0.481 e. The van der Waals surface area contributed by atoms with E-state index in [4.69, 9.17) is 5.11 Å². The number of hydrogen-bond donors (Lipinski definition) is 2. The summed E-state index contributed by atoms with van der Waals surface area (Å²) in [6.45, 7) is 4.77. The minimum Gasteiger partial charge on any atom is -0.481 e. The van der Waals surface area contributed by atoms with Crippen molar-refractivity contribution in [2.24, 2.45) is 11.8 Å². The molecule has 1 heterocycles. The molecule has 1 aromatic rings. The number of aliphatic carboxylic acids is 1. The van der Waals surface area contributed by atoms with E-state index in [-0.39, 0.29) is 35.8 Å². The molecule has 2 atom stereocenters. The van der Waals surface area contributed by atoms with E-state index in [1.807, 2.05) is 38.1 Å². The number of piperidine rings is 1. The summed E-state index contributed by atoms with van der Waals surface area (Å²) in [7, 11) is 0. The van der Waals surface area contributed by atoms with Gasteiger partial charge in [0.15, 0.2) is 0 Å². The van der Waals surface area contributed by atoms with Gasteiger partial charge in [-0.05, 0) is 31.4 Å². The molecule has 0 radical (unpaired) electrons. The first-order valence-corrected chi connectivity index (χ1v) is 9.45. The number of rotatable bonds is 6. The van der Waals surface area contributed by atoms with Crippen molar-refractivity contribution < 1.29 is 19.5 Å². The highest BCUT2D eigenvalue weighted by molar-refractivity contribution is 8.00. The minimum absolute atomic E-state index is 0.106. The summed E-state index contributed by atoms with van der Waals surface area (Å²) < 4.78 is 0. The molecule has 0 spiro atoms. The highest BCUT2D eigenvalue weighted by atomic mass is 32.2. The van der Waals surface area contributed by atoms with Gasteiger partial charge in [0.25, 0.3) is 0 Å². The van der Waals surface area contributed by atoms with Gasteiger partial charge in [-0.25, -0.2) is 0 Å². The van der Waals surface area contributed by atoms with E-state index in [9.17, 15) is 14.4 Å². The number of carbonyl (C=O) groups excluding carboxylic acids is 2. The zero-order chi connectivity index (χ0) is 18.4. The van der Waals surface area contributed by atoms with Gasteiger partial charge in [0, 0.05) is 18.8 Å². The van der Waals surface area contributed by atoms with Crippen LogP contribution in [0.1, 0.15) is 18.9 Å². The second-order valence-corrected chi connectivity index (χ2v) is 7.57. The van der Waals surface area contributed by atoms with Crippen LogP contribution in [0, 0.1) is 18.8 Å². The number of aryl methyl sites for hydroxylation is 1. The van der Waals surface area contributed by atoms with Crippen LogP contribution in [0.3, 0.4) is 0 Å². The molecule has 6 nitrogen and oxygen atoms in total. The second-order valence-electron chi connectivity index (χ2n) is 6.58. The number of thioether (sulfide) groups is 1. The van der Waals surface area contributed by atoms with Crippen LogP contribution >= 0.6 is 11.8 Å². The van der Waals surface area contributed by atoms with Gasteiger partial charge in [0.05, 0.1) is 17.4 Å². The van der Waals surface area contributed by atoms with Gasteiger partial charge < -0.3 is 15.3 Å². The molecular formula is C18H24N2O4S. The van der Waals surface area contributed by atoms with Gasteiger partial charge in [0.2, 0.25) is 11.8 Å². The number of likely N-dealkylation sites (tertiary alicyclic amines) is 1. The summed E-state index contributed by atoms with van der Waals surface area (Å²) >= 11 is 1.25. The monoisotopic (exact) mass is 364 g/mol. The van der Waals surface area contributed by atoms with Gasteiger partial charge in [-0.15, -0.1) is 11.8 Å². The van der Waals surface area contributed by atoms with E-state index >= 15 is 0 Å². The van der Waals surface area contributed by atoms with Crippen LogP contribution < -0.4 is 5.32 Å². The number of carbonyl (C=O) groups is 3. The Kier molecular flexibility index (Phi) is 6.87. The van der Waals surface area contributed by atoms with Gasteiger partial charge in [-0.1, -0.05) is 24.6 Å². The van der Waals surface area contributed by atoms with Crippen LogP contribution in [0.25, 0.3) is 0 Å². The quantitative estimate of drug-likeness (QED) is 0.808. The molecule has 1 aromatic carbocycles. The van der Waals surface area contributed by atoms with Gasteiger partial charge in [-0.3, -0.25) is 14.4 Å². The summed E-state index contributed by atoms with van der Waals surface area (Å²) in [6, 6.07) is 7.51. The zero-order valence-corrected chi connectivity index (χ0v) is 15.3. The van der Waals surface area contributed by atoms with Crippen LogP contribution in [0.5, 0.6) is 0 Å². The lowest BCUT2D eigenvalue weighted by Crippen LogP contribution is -2.46. The maximum Gasteiger partial charge on any atom is 0.308 e. The first kappa shape index (κ1) is 19.3. The van der Waals surface area contributed by atoms with Crippen molar-refractivity contribution in [3.8, 4) is 0 Å². The molecule has 2 N–H and O–H groups in total. The molecule has 1 aliphatic heterocycles. The Bertz CT molecular complexity index is 632. The molecule has 2 rings (SSSR count). The molecule has 1 aliphatic rings. The van der Waals surface area contributed by atoms with E-state index in [1.165, 1.54) is 11.8 Å². The van der Waals surface area contributed by atoms with Crippen molar-refractivity contribution in [3.63, 3.8) is 0 Å². The zero-order valence-electron chi connectivity index (χ0n) is 14.5. The molecule has 2 amide bonds. The topological polar surface area (TPSA) is 86.7 Å². The molecule has 0 saturated carbocycles. The number of hydrogen-bond acceptors (Lipinski definition) is 4. The Hall–Kier alpha value is -2.02. The Labute approximate surface area is 152 Å². The van der Waals surface area contributed by atoms with Crippen LogP contribution in [-0.4, -0.2) is 52.4 Å². The fourth-order valence-electron chi connectivity index (χ4n) is 2.89. The smallest absolute Gasteiger partial charge is 0.308 e. The summed E-state index contributed by atoms with van der Waals surface area (Å²) in [6.07, 6.45) is 0.602. The molecule has 0 aliphatic carbocycles. The SMILES string of the molecule is Cc1ccc(NC(=O)CSCC(=O)N2CC(C)CC(C(=O)O)C2)cc1. The normalized spacial score (nSPS) is 20.2. The number of carboxylic acids is 1. The first-order chi connectivity index (χ1) is 11.8. The van der Waals surface area contributed by atoms with Crippen LogP contribution in [0.2, 0.25) is 0 Å². The number of carboxylic acid groups (broad SMARTS) is 1. The predicted molar refractivity (Wildman–Crippen MR) is 98.6 cm³/mol. The van der Waals surface area contributed by atoms with Gasteiger partial charge >= 0.3 is 5.97 Å². The maximum absolute atomic E-state index is 12.3. The fraction of sp³-hybridized carbons (Fsp3) is 0.500. The molecule has 1 saturated heterocycles. The Morgan fingerprint density at radius 2 is 1.88 bits per heavy atom. The van der Waals surface area contributed by atoms with Gasteiger partial charge in [-0.2, -0.15) is 0 Å². The Morgan fingerprint density at radius 3 is 2.52 bits per heavy atom. The third kappa shape index (κ3) is 6.08. The van der Waals surface area contributed by atoms with Crippen molar-refractivity contribution in [1.82, 2.24) is 4.90 Å². The van der Waals surface area contributed by atoms with Crippen LogP contribution in [0.15, 0.2) is 24.3 Å². The number of nitrogens with one attached hydrogen (secondary N) is 1. The van der Waals surface area contributed by atoms with E-state index < -0.39 is 11.9 Å². The molecule has 0 aromatic heterocycles. The van der Waals surface area contributed by atoms with Crippen LogP contribution in [-0.2, 0) is 14.4 Å².